The highest BCUT2D eigenvalue weighted by Gasteiger charge is 2.32. The van der Waals surface area contributed by atoms with E-state index in [-0.39, 0.29) is 12.1 Å². The zero-order chi connectivity index (χ0) is 14.5. The summed E-state index contributed by atoms with van der Waals surface area (Å²) in [5.74, 6) is 0. The zero-order valence-corrected chi connectivity index (χ0v) is 14.4. The fourth-order valence-electron chi connectivity index (χ4n) is 2.63. The van der Waals surface area contributed by atoms with E-state index in [9.17, 15) is 0 Å². The summed E-state index contributed by atoms with van der Waals surface area (Å²) in [5, 5.41) is 4.25. The largest absolute Gasteiger partial charge is 0.374 e. The molecular formula is C15H22BrClN2O. The molecule has 0 saturated carbocycles. The summed E-state index contributed by atoms with van der Waals surface area (Å²) in [6, 6.07) is 6.29. The Balaban J connectivity index is 2.18. The maximum atomic E-state index is 6.42. The van der Waals surface area contributed by atoms with Crippen molar-refractivity contribution in [3.05, 3.63) is 33.3 Å². The van der Waals surface area contributed by atoms with E-state index < -0.39 is 0 Å². The maximum Gasteiger partial charge on any atom is 0.0896 e. The smallest absolute Gasteiger partial charge is 0.0896 e. The van der Waals surface area contributed by atoms with Gasteiger partial charge in [-0.05, 0) is 37.7 Å². The number of rotatable bonds is 5. The van der Waals surface area contributed by atoms with Crippen LogP contribution in [0, 0.1) is 0 Å². The molecule has 1 fully saturated rings. The second-order valence-electron chi connectivity index (χ2n) is 5.20. The van der Waals surface area contributed by atoms with E-state index in [4.69, 9.17) is 16.3 Å². The fourth-order valence-corrected chi connectivity index (χ4v) is 3.42. The highest BCUT2D eigenvalue weighted by atomic mass is 79.9. The summed E-state index contributed by atoms with van der Waals surface area (Å²) in [7, 11) is 2.14. The Morgan fingerprint density at radius 1 is 1.50 bits per heavy atom. The van der Waals surface area contributed by atoms with Crippen LogP contribution in [-0.4, -0.2) is 44.3 Å². The Kier molecular flexibility index (Phi) is 6.30. The molecule has 112 valence electrons. The second kappa shape index (κ2) is 7.76. The molecule has 0 amide bonds. The van der Waals surface area contributed by atoms with Gasteiger partial charge in [-0.15, -0.1) is 0 Å². The van der Waals surface area contributed by atoms with Crippen molar-refractivity contribution >= 4 is 27.5 Å². The predicted molar refractivity (Wildman–Crippen MR) is 87.4 cm³/mol. The zero-order valence-electron chi connectivity index (χ0n) is 12.0. The van der Waals surface area contributed by atoms with Crippen molar-refractivity contribution in [1.82, 2.24) is 10.2 Å². The predicted octanol–water partition coefficient (Wildman–Crippen LogP) is 3.47. The van der Waals surface area contributed by atoms with Crippen LogP contribution in [0.25, 0.3) is 0 Å². The van der Waals surface area contributed by atoms with Gasteiger partial charge in [0.25, 0.3) is 0 Å². The topological polar surface area (TPSA) is 24.5 Å². The van der Waals surface area contributed by atoms with Crippen LogP contribution in [0.2, 0.25) is 5.02 Å². The molecule has 2 atom stereocenters. The summed E-state index contributed by atoms with van der Waals surface area (Å²) >= 11 is 9.88. The van der Waals surface area contributed by atoms with Crippen LogP contribution in [0.3, 0.4) is 0 Å². The lowest BCUT2D eigenvalue weighted by Crippen LogP contribution is -2.47. The van der Waals surface area contributed by atoms with Gasteiger partial charge in [0.05, 0.1) is 18.8 Å². The number of nitrogens with one attached hydrogen (secondary N) is 1. The van der Waals surface area contributed by atoms with Crippen LogP contribution >= 0.6 is 27.5 Å². The van der Waals surface area contributed by atoms with Crippen molar-refractivity contribution in [1.29, 1.82) is 0 Å². The van der Waals surface area contributed by atoms with Gasteiger partial charge in [-0.2, -0.15) is 0 Å². The number of benzene rings is 1. The standard InChI is InChI=1S/C15H22BrClN2O/c1-3-6-18-10-14-15(19(2)7-8-20-14)12-5-4-11(16)9-13(12)17/h4-5,9,14-15,18H,3,6-8,10H2,1-2H3. The monoisotopic (exact) mass is 360 g/mol. The molecule has 1 heterocycles. The Labute approximate surface area is 134 Å². The average Bonchev–Trinajstić information content (AvgIpc) is 2.41. The molecule has 2 rings (SSSR count). The molecule has 5 heteroatoms. The van der Waals surface area contributed by atoms with Gasteiger partial charge in [-0.3, -0.25) is 4.90 Å². The van der Waals surface area contributed by atoms with Crippen LogP contribution in [0.5, 0.6) is 0 Å². The molecule has 0 aromatic heterocycles. The lowest BCUT2D eigenvalue weighted by atomic mass is 9.98. The number of hydrogen-bond acceptors (Lipinski definition) is 3. The van der Waals surface area contributed by atoms with Crippen molar-refractivity contribution in [2.45, 2.75) is 25.5 Å². The van der Waals surface area contributed by atoms with Crippen molar-refractivity contribution < 1.29 is 4.74 Å². The molecule has 1 aliphatic rings. The van der Waals surface area contributed by atoms with Gasteiger partial charge in [0.2, 0.25) is 0 Å². The van der Waals surface area contributed by atoms with Gasteiger partial charge < -0.3 is 10.1 Å². The van der Waals surface area contributed by atoms with Crippen molar-refractivity contribution in [3.8, 4) is 0 Å². The number of nitrogens with zero attached hydrogens (tertiary/aromatic N) is 1. The summed E-state index contributed by atoms with van der Waals surface area (Å²) in [6.07, 6.45) is 1.27. The summed E-state index contributed by atoms with van der Waals surface area (Å²) < 4.78 is 6.98. The molecular weight excluding hydrogens is 340 g/mol. The number of morpholine rings is 1. The average molecular weight is 362 g/mol. The Morgan fingerprint density at radius 2 is 2.30 bits per heavy atom. The maximum absolute atomic E-state index is 6.42. The quantitative estimate of drug-likeness (QED) is 0.813. The minimum Gasteiger partial charge on any atom is -0.374 e. The Morgan fingerprint density at radius 3 is 3.00 bits per heavy atom. The summed E-state index contributed by atoms with van der Waals surface area (Å²) in [5.41, 5.74) is 1.14. The molecule has 0 radical (unpaired) electrons. The highest BCUT2D eigenvalue weighted by Crippen LogP contribution is 2.34. The lowest BCUT2D eigenvalue weighted by molar-refractivity contribution is -0.0612. The fraction of sp³-hybridized carbons (Fsp3) is 0.600. The first-order valence-electron chi connectivity index (χ1n) is 7.11. The van der Waals surface area contributed by atoms with Crippen LogP contribution in [0.4, 0.5) is 0 Å². The minimum absolute atomic E-state index is 0.138. The lowest BCUT2D eigenvalue weighted by Gasteiger charge is -2.40. The van der Waals surface area contributed by atoms with Gasteiger partial charge >= 0.3 is 0 Å². The molecule has 0 spiro atoms. The number of likely N-dealkylation sites (N-methyl/N-ethyl adjacent to an activating group) is 1. The van der Waals surface area contributed by atoms with Gasteiger partial charge in [-0.25, -0.2) is 0 Å². The molecule has 1 N–H and O–H groups in total. The van der Waals surface area contributed by atoms with Crippen LogP contribution in [-0.2, 0) is 4.74 Å². The molecule has 0 aliphatic carbocycles. The van der Waals surface area contributed by atoms with E-state index in [1.54, 1.807) is 0 Å². The first kappa shape index (κ1) is 16.2. The van der Waals surface area contributed by atoms with Gasteiger partial charge in [0.15, 0.2) is 0 Å². The first-order chi connectivity index (χ1) is 9.63. The van der Waals surface area contributed by atoms with Crippen molar-refractivity contribution in [2.24, 2.45) is 0 Å². The Hall–Kier alpha value is -0.130. The van der Waals surface area contributed by atoms with Gasteiger partial charge in [0, 0.05) is 22.6 Å². The second-order valence-corrected chi connectivity index (χ2v) is 6.53. The Bertz CT molecular complexity index is 444. The van der Waals surface area contributed by atoms with Crippen LogP contribution in [0.1, 0.15) is 24.9 Å². The van der Waals surface area contributed by atoms with E-state index in [1.807, 2.05) is 12.1 Å². The number of hydrogen-bond donors (Lipinski definition) is 1. The SMILES string of the molecule is CCCNCC1OCCN(C)C1c1ccc(Br)cc1Cl. The normalized spacial score (nSPS) is 24.0. The highest BCUT2D eigenvalue weighted by molar-refractivity contribution is 9.10. The minimum atomic E-state index is 0.138. The molecule has 3 nitrogen and oxygen atoms in total. The van der Waals surface area contributed by atoms with Gasteiger partial charge in [0.1, 0.15) is 0 Å². The molecule has 1 aromatic carbocycles. The third-order valence-corrected chi connectivity index (χ3v) is 4.48. The van der Waals surface area contributed by atoms with Crippen molar-refractivity contribution in [3.63, 3.8) is 0 Å². The van der Waals surface area contributed by atoms with E-state index >= 15 is 0 Å². The molecule has 1 aliphatic heterocycles. The van der Waals surface area contributed by atoms with E-state index in [0.717, 1.165) is 47.7 Å². The van der Waals surface area contributed by atoms with Crippen LogP contribution < -0.4 is 5.32 Å². The number of ether oxygens (including phenoxy) is 1. The van der Waals surface area contributed by atoms with E-state index in [2.05, 4.69) is 46.2 Å². The molecule has 2 unspecified atom stereocenters. The molecule has 20 heavy (non-hydrogen) atoms. The molecule has 1 aromatic rings. The van der Waals surface area contributed by atoms with Crippen molar-refractivity contribution in [2.75, 3.05) is 33.3 Å². The summed E-state index contributed by atoms with van der Waals surface area (Å²) in [6.45, 7) is 5.75. The molecule has 0 bridgehead atoms. The summed E-state index contributed by atoms with van der Waals surface area (Å²) in [4.78, 5) is 2.33. The first-order valence-corrected chi connectivity index (χ1v) is 8.28. The number of halogens is 2. The third-order valence-electron chi connectivity index (χ3n) is 3.66. The van der Waals surface area contributed by atoms with E-state index in [0.29, 0.717) is 0 Å². The van der Waals surface area contributed by atoms with Gasteiger partial charge in [-0.1, -0.05) is 40.5 Å². The third kappa shape index (κ3) is 3.95. The molecule has 1 saturated heterocycles. The van der Waals surface area contributed by atoms with Crippen LogP contribution in [0.15, 0.2) is 22.7 Å². The van der Waals surface area contributed by atoms with E-state index in [1.165, 1.54) is 0 Å².